The zero-order valence-corrected chi connectivity index (χ0v) is 23.5. The number of carbonyl (C=O) groups excluding carboxylic acids is 2. The Morgan fingerprint density at radius 1 is 1.02 bits per heavy atom. The number of benzene rings is 3. The molecule has 0 aliphatic carbocycles. The van der Waals surface area contributed by atoms with E-state index in [9.17, 15) is 14.0 Å². The first-order valence-electron chi connectivity index (χ1n) is 13.3. The third-order valence-corrected chi connectivity index (χ3v) is 6.35. The van der Waals surface area contributed by atoms with E-state index in [0.29, 0.717) is 28.2 Å². The predicted octanol–water partition coefficient (Wildman–Crippen LogP) is 6.70. The van der Waals surface area contributed by atoms with Crippen LogP contribution in [-0.4, -0.2) is 27.3 Å². The van der Waals surface area contributed by atoms with E-state index >= 15 is 0 Å². The average molecular weight is 543 g/mol. The number of nitrogens with two attached hydrogens (primary N) is 1. The molecule has 0 saturated carbocycles. The summed E-state index contributed by atoms with van der Waals surface area (Å²) >= 11 is 0. The summed E-state index contributed by atoms with van der Waals surface area (Å²) in [6, 6.07) is 20.6. The van der Waals surface area contributed by atoms with Gasteiger partial charge in [0, 0.05) is 12.1 Å². The first-order chi connectivity index (χ1) is 18.9. The van der Waals surface area contributed by atoms with Crippen LogP contribution in [0.2, 0.25) is 0 Å². The molecule has 1 atom stereocenters. The largest absolute Gasteiger partial charge is 0.444 e. The van der Waals surface area contributed by atoms with Gasteiger partial charge < -0.3 is 10.5 Å². The maximum Gasteiger partial charge on any atom is 0.412 e. The summed E-state index contributed by atoms with van der Waals surface area (Å²) in [4.78, 5) is 25.6. The molecule has 40 heavy (non-hydrogen) atoms. The van der Waals surface area contributed by atoms with Crippen molar-refractivity contribution in [1.29, 1.82) is 0 Å². The van der Waals surface area contributed by atoms with Crippen LogP contribution in [0.25, 0.3) is 5.69 Å². The number of hydrogen-bond acceptors (Lipinski definition) is 5. The zero-order valence-electron chi connectivity index (χ0n) is 23.5. The van der Waals surface area contributed by atoms with Crippen molar-refractivity contribution < 1.29 is 18.7 Å². The maximum atomic E-state index is 14.9. The second-order valence-corrected chi connectivity index (χ2v) is 10.8. The van der Waals surface area contributed by atoms with Crippen molar-refractivity contribution in [1.82, 2.24) is 9.78 Å². The third-order valence-electron chi connectivity index (χ3n) is 6.35. The number of nitrogens with zero attached hydrogens (tertiary/aromatic N) is 2. The molecular weight excluding hydrogens is 507 g/mol. The molecule has 0 bridgehead atoms. The number of Topliss-reactive ketones (excluding diaryl/α,β-unsaturated/α-hetero) is 1. The van der Waals surface area contributed by atoms with E-state index in [2.05, 4.69) is 17.3 Å². The lowest BCUT2D eigenvalue weighted by atomic mass is 9.95. The van der Waals surface area contributed by atoms with Gasteiger partial charge in [0.25, 0.3) is 0 Å². The standard InChI is InChI=1S/C32H35FN4O3/c1-6-21-9-7-12-26(16-21)37-28(15-20(2)36-37)29(38)19-24-17-23(13-14-27(24)33)30(34)22-10-8-11-25(18-22)35-31(39)40-32(3,4)5/h7-18,30H,6,19,34H2,1-5H3,(H,35,39). The van der Waals surface area contributed by atoms with Gasteiger partial charge in [-0.05, 0) is 92.8 Å². The summed E-state index contributed by atoms with van der Waals surface area (Å²) in [7, 11) is 0. The molecule has 8 heteroatoms. The summed E-state index contributed by atoms with van der Waals surface area (Å²) in [5.74, 6) is -0.740. The van der Waals surface area contributed by atoms with Crippen molar-refractivity contribution in [3.05, 3.63) is 112 Å². The highest BCUT2D eigenvalue weighted by atomic mass is 19.1. The van der Waals surface area contributed by atoms with E-state index in [4.69, 9.17) is 10.5 Å². The number of aryl methyl sites for hydroxylation is 2. The van der Waals surface area contributed by atoms with Gasteiger partial charge in [-0.1, -0.05) is 43.3 Å². The van der Waals surface area contributed by atoms with Gasteiger partial charge in [-0.25, -0.2) is 13.9 Å². The highest BCUT2D eigenvalue weighted by molar-refractivity contribution is 5.96. The van der Waals surface area contributed by atoms with E-state index in [1.165, 1.54) is 6.07 Å². The van der Waals surface area contributed by atoms with Crippen LogP contribution in [-0.2, 0) is 17.6 Å². The Bertz CT molecular complexity index is 1540. The Morgan fingerprint density at radius 3 is 2.48 bits per heavy atom. The van der Waals surface area contributed by atoms with Crippen molar-refractivity contribution >= 4 is 17.6 Å². The minimum Gasteiger partial charge on any atom is -0.444 e. The quantitative estimate of drug-likeness (QED) is 0.241. The predicted molar refractivity (Wildman–Crippen MR) is 154 cm³/mol. The van der Waals surface area contributed by atoms with Crippen LogP contribution in [0, 0.1) is 12.7 Å². The van der Waals surface area contributed by atoms with Gasteiger partial charge in [0.1, 0.15) is 17.1 Å². The molecule has 0 radical (unpaired) electrons. The number of rotatable bonds is 8. The Labute approximate surface area is 234 Å². The van der Waals surface area contributed by atoms with Gasteiger partial charge in [-0.3, -0.25) is 10.1 Å². The molecule has 208 valence electrons. The number of hydrogen-bond donors (Lipinski definition) is 2. The first kappa shape index (κ1) is 28.7. The second kappa shape index (κ2) is 11.8. The number of carbonyl (C=O) groups is 2. The summed E-state index contributed by atoms with van der Waals surface area (Å²) < 4.78 is 21.8. The summed E-state index contributed by atoms with van der Waals surface area (Å²) in [5.41, 5.74) is 11.0. The van der Waals surface area contributed by atoms with Crippen molar-refractivity contribution in [3.8, 4) is 5.69 Å². The molecule has 1 unspecified atom stereocenters. The summed E-state index contributed by atoms with van der Waals surface area (Å²) in [6.07, 6.45) is 0.137. The molecule has 0 aliphatic rings. The molecule has 7 nitrogen and oxygen atoms in total. The highest BCUT2D eigenvalue weighted by Gasteiger charge is 2.20. The third kappa shape index (κ3) is 7.01. The van der Waals surface area contributed by atoms with Gasteiger partial charge in [0.15, 0.2) is 5.78 Å². The number of ketones is 1. The topological polar surface area (TPSA) is 99.2 Å². The van der Waals surface area contributed by atoms with Crippen LogP contribution in [0.15, 0.2) is 72.8 Å². The summed E-state index contributed by atoms with van der Waals surface area (Å²) in [5, 5.41) is 7.23. The van der Waals surface area contributed by atoms with Crippen LogP contribution in [0.5, 0.6) is 0 Å². The van der Waals surface area contributed by atoms with Gasteiger partial charge in [-0.2, -0.15) is 5.10 Å². The van der Waals surface area contributed by atoms with Crippen LogP contribution < -0.4 is 11.1 Å². The average Bonchev–Trinajstić information content (AvgIpc) is 3.30. The molecule has 3 N–H and O–H groups in total. The van der Waals surface area contributed by atoms with Crippen LogP contribution in [0.3, 0.4) is 0 Å². The molecular formula is C32H35FN4O3. The van der Waals surface area contributed by atoms with E-state index in [0.717, 1.165) is 17.7 Å². The van der Waals surface area contributed by atoms with Gasteiger partial charge in [0.2, 0.25) is 0 Å². The fourth-order valence-electron chi connectivity index (χ4n) is 4.41. The van der Waals surface area contributed by atoms with Crippen LogP contribution >= 0.6 is 0 Å². The van der Waals surface area contributed by atoms with Crippen molar-refractivity contribution in [2.24, 2.45) is 5.73 Å². The lowest BCUT2D eigenvalue weighted by Crippen LogP contribution is -2.27. The lowest BCUT2D eigenvalue weighted by Gasteiger charge is -2.20. The minimum absolute atomic E-state index is 0.148. The van der Waals surface area contributed by atoms with Crippen molar-refractivity contribution in [3.63, 3.8) is 0 Å². The first-order valence-corrected chi connectivity index (χ1v) is 13.3. The summed E-state index contributed by atoms with van der Waals surface area (Å²) in [6.45, 7) is 9.24. The maximum absolute atomic E-state index is 14.9. The Kier molecular flexibility index (Phi) is 8.49. The molecule has 0 aliphatic heterocycles. The van der Waals surface area contributed by atoms with Gasteiger partial charge >= 0.3 is 6.09 Å². The molecule has 1 amide bonds. The number of aromatic nitrogens is 2. The normalized spacial score (nSPS) is 12.2. The van der Waals surface area contributed by atoms with Gasteiger partial charge in [0.05, 0.1) is 17.4 Å². The number of nitrogens with one attached hydrogen (secondary N) is 1. The monoisotopic (exact) mass is 542 g/mol. The molecule has 0 fully saturated rings. The molecule has 1 aromatic heterocycles. The molecule has 0 saturated heterocycles. The van der Waals surface area contributed by atoms with E-state index in [1.54, 1.807) is 61.9 Å². The Balaban J connectivity index is 1.56. The van der Waals surface area contributed by atoms with Crippen molar-refractivity contribution in [2.75, 3.05) is 5.32 Å². The van der Waals surface area contributed by atoms with Gasteiger partial charge in [-0.15, -0.1) is 0 Å². The van der Waals surface area contributed by atoms with E-state index in [-0.39, 0.29) is 17.8 Å². The lowest BCUT2D eigenvalue weighted by molar-refractivity contribution is 0.0635. The molecule has 3 aromatic carbocycles. The SMILES string of the molecule is CCc1cccc(-n2nc(C)cc2C(=O)Cc2cc(C(N)c3cccc(NC(=O)OC(C)(C)C)c3)ccc2F)c1. The minimum atomic E-state index is -0.629. The number of halogens is 1. The fraction of sp³-hybridized carbons (Fsp3) is 0.281. The molecule has 1 heterocycles. The van der Waals surface area contributed by atoms with E-state index in [1.807, 2.05) is 37.3 Å². The molecule has 4 rings (SSSR count). The number of ether oxygens (including phenoxy) is 1. The smallest absolute Gasteiger partial charge is 0.412 e. The highest BCUT2D eigenvalue weighted by Crippen LogP contribution is 2.26. The Hall–Kier alpha value is -4.30. The van der Waals surface area contributed by atoms with Crippen LogP contribution in [0.1, 0.15) is 72.2 Å². The molecule has 4 aromatic rings. The number of amides is 1. The van der Waals surface area contributed by atoms with Crippen LogP contribution in [0.4, 0.5) is 14.9 Å². The van der Waals surface area contributed by atoms with E-state index < -0.39 is 23.6 Å². The fourth-order valence-corrected chi connectivity index (χ4v) is 4.41. The second-order valence-electron chi connectivity index (χ2n) is 10.8. The zero-order chi connectivity index (χ0) is 29.0. The molecule has 0 spiro atoms. The van der Waals surface area contributed by atoms with Crippen molar-refractivity contribution in [2.45, 2.75) is 59.1 Å². The Morgan fingerprint density at radius 2 is 1.75 bits per heavy atom. The number of anilines is 1.